The lowest BCUT2D eigenvalue weighted by Gasteiger charge is -2.38. The number of hydrogen-bond acceptors (Lipinski definition) is 3. The van der Waals surface area contributed by atoms with Gasteiger partial charge in [0.25, 0.3) is 5.91 Å². The van der Waals surface area contributed by atoms with Crippen molar-refractivity contribution in [3.05, 3.63) is 36.0 Å². The standard InChI is InChI=1S/C23H30F3N3O2/c24-23(25,26)15-29(22(30)21-12-17-4-1-2-7-20(17)28-21)19-6-3-5-18(13-19)27-14-16-8-10-31-11-9-16/h1-2,4,7,12,16,18-19,27-28H,3,5-6,8-11,13-15H2/t18-,19+/m1/s1. The first kappa shape index (κ1) is 22.1. The molecule has 0 radical (unpaired) electrons. The van der Waals surface area contributed by atoms with Crippen LogP contribution in [-0.4, -0.2) is 60.4 Å². The summed E-state index contributed by atoms with van der Waals surface area (Å²) in [5, 5.41) is 4.37. The van der Waals surface area contributed by atoms with Gasteiger partial charge in [-0.25, -0.2) is 0 Å². The van der Waals surface area contributed by atoms with E-state index in [1.54, 1.807) is 6.07 Å². The lowest BCUT2D eigenvalue weighted by Crippen LogP contribution is -2.50. The Morgan fingerprint density at radius 1 is 1.16 bits per heavy atom. The molecule has 5 nitrogen and oxygen atoms in total. The predicted octanol–water partition coefficient (Wildman–Crippen LogP) is 4.50. The van der Waals surface area contributed by atoms with Gasteiger partial charge in [0.1, 0.15) is 12.2 Å². The van der Waals surface area contributed by atoms with E-state index in [2.05, 4.69) is 10.3 Å². The number of rotatable bonds is 6. The van der Waals surface area contributed by atoms with E-state index in [1.165, 1.54) is 0 Å². The molecule has 1 aromatic heterocycles. The zero-order valence-corrected chi connectivity index (χ0v) is 17.6. The summed E-state index contributed by atoms with van der Waals surface area (Å²) in [7, 11) is 0. The summed E-state index contributed by atoms with van der Waals surface area (Å²) in [6, 6.07) is 8.67. The van der Waals surface area contributed by atoms with Crippen molar-refractivity contribution in [2.24, 2.45) is 5.92 Å². The van der Waals surface area contributed by atoms with Crippen LogP contribution < -0.4 is 5.32 Å². The van der Waals surface area contributed by atoms with E-state index in [9.17, 15) is 18.0 Å². The van der Waals surface area contributed by atoms with Crippen molar-refractivity contribution in [1.82, 2.24) is 15.2 Å². The maximum atomic E-state index is 13.4. The normalized spacial score (nSPS) is 23.2. The molecule has 1 aromatic carbocycles. The number of nitrogens with zero attached hydrogens (tertiary/aromatic N) is 1. The van der Waals surface area contributed by atoms with Crippen molar-refractivity contribution in [2.45, 2.75) is 56.8 Å². The van der Waals surface area contributed by atoms with Gasteiger partial charge < -0.3 is 19.9 Å². The summed E-state index contributed by atoms with van der Waals surface area (Å²) in [4.78, 5) is 17.2. The Morgan fingerprint density at radius 3 is 2.68 bits per heavy atom. The molecule has 8 heteroatoms. The van der Waals surface area contributed by atoms with Crippen LogP contribution in [0.1, 0.15) is 49.0 Å². The number of ether oxygens (including phenoxy) is 1. The third-order valence-corrected chi connectivity index (χ3v) is 6.49. The molecule has 1 aliphatic carbocycles. The van der Waals surface area contributed by atoms with Gasteiger partial charge in [0.2, 0.25) is 0 Å². The number of aromatic nitrogens is 1. The number of carbonyl (C=O) groups is 1. The average Bonchev–Trinajstić information content (AvgIpc) is 3.20. The molecule has 0 unspecified atom stereocenters. The Morgan fingerprint density at radius 2 is 1.94 bits per heavy atom. The molecule has 4 rings (SSSR count). The van der Waals surface area contributed by atoms with Gasteiger partial charge in [0.05, 0.1) is 0 Å². The number of hydrogen-bond donors (Lipinski definition) is 2. The van der Waals surface area contributed by atoms with Crippen LogP contribution in [-0.2, 0) is 4.74 Å². The van der Waals surface area contributed by atoms with E-state index in [4.69, 9.17) is 4.74 Å². The molecule has 2 atom stereocenters. The van der Waals surface area contributed by atoms with E-state index in [-0.39, 0.29) is 11.7 Å². The highest BCUT2D eigenvalue weighted by Crippen LogP contribution is 2.29. The van der Waals surface area contributed by atoms with E-state index in [0.717, 1.165) is 61.2 Å². The van der Waals surface area contributed by atoms with Crippen molar-refractivity contribution in [3.8, 4) is 0 Å². The molecule has 0 bridgehead atoms. The molecule has 2 heterocycles. The number of halogens is 3. The second-order valence-corrected chi connectivity index (χ2v) is 8.80. The molecule has 2 aromatic rings. The highest BCUT2D eigenvalue weighted by Gasteiger charge is 2.39. The Kier molecular flexibility index (Phi) is 6.86. The van der Waals surface area contributed by atoms with Gasteiger partial charge in [0, 0.05) is 36.2 Å². The summed E-state index contributed by atoms with van der Waals surface area (Å²) in [6.07, 6.45) is 0.474. The minimum atomic E-state index is -4.44. The number of carbonyl (C=O) groups excluding carboxylic acids is 1. The number of fused-ring (bicyclic) bond motifs is 1. The van der Waals surface area contributed by atoms with E-state index in [1.807, 2.05) is 24.3 Å². The number of alkyl halides is 3. The number of amides is 1. The van der Waals surface area contributed by atoms with Crippen molar-refractivity contribution in [1.29, 1.82) is 0 Å². The van der Waals surface area contributed by atoms with Gasteiger partial charge in [-0.2, -0.15) is 13.2 Å². The van der Waals surface area contributed by atoms with Crippen LogP contribution >= 0.6 is 0 Å². The molecular formula is C23H30F3N3O2. The highest BCUT2D eigenvalue weighted by molar-refractivity contribution is 5.98. The minimum absolute atomic E-state index is 0.132. The maximum Gasteiger partial charge on any atom is 0.406 e. The third kappa shape index (κ3) is 5.80. The van der Waals surface area contributed by atoms with Crippen LogP contribution in [0.25, 0.3) is 10.9 Å². The maximum absolute atomic E-state index is 13.4. The second kappa shape index (κ2) is 9.61. The van der Waals surface area contributed by atoms with E-state index >= 15 is 0 Å². The number of H-pyrrole nitrogens is 1. The van der Waals surface area contributed by atoms with Gasteiger partial charge in [0.15, 0.2) is 0 Å². The van der Waals surface area contributed by atoms with Crippen LogP contribution in [0.15, 0.2) is 30.3 Å². The zero-order chi connectivity index (χ0) is 21.8. The Bertz CT molecular complexity index is 843. The molecular weight excluding hydrogens is 407 g/mol. The van der Waals surface area contributed by atoms with Gasteiger partial charge in [-0.15, -0.1) is 0 Å². The molecule has 1 aliphatic heterocycles. The lowest BCUT2D eigenvalue weighted by molar-refractivity contribution is -0.146. The first-order valence-electron chi connectivity index (χ1n) is 11.2. The number of benzene rings is 1. The van der Waals surface area contributed by atoms with Gasteiger partial charge in [-0.05, 0) is 63.1 Å². The van der Waals surface area contributed by atoms with Gasteiger partial charge in [-0.1, -0.05) is 18.2 Å². The van der Waals surface area contributed by atoms with Gasteiger partial charge in [-0.3, -0.25) is 4.79 Å². The SMILES string of the molecule is O=C(c1cc2ccccc2[nH]1)N(CC(F)(F)F)[C@H]1CCC[C@@H](NCC2CCOCC2)C1. The minimum Gasteiger partial charge on any atom is -0.381 e. The topological polar surface area (TPSA) is 57.4 Å². The molecule has 31 heavy (non-hydrogen) atoms. The third-order valence-electron chi connectivity index (χ3n) is 6.49. The van der Waals surface area contributed by atoms with Crippen LogP contribution in [0.4, 0.5) is 13.2 Å². The summed E-state index contributed by atoms with van der Waals surface area (Å²) < 4.78 is 45.6. The fraction of sp³-hybridized carbons (Fsp3) is 0.609. The van der Waals surface area contributed by atoms with Crippen LogP contribution in [0.3, 0.4) is 0 Å². The summed E-state index contributed by atoms with van der Waals surface area (Å²) in [6.45, 7) is 1.19. The first-order valence-corrected chi connectivity index (χ1v) is 11.2. The fourth-order valence-corrected chi connectivity index (χ4v) is 4.82. The lowest BCUT2D eigenvalue weighted by atomic mass is 9.89. The Balaban J connectivity index is 1.46. The molecule has 2 aliphatic rings. The molecule has 2 fully saturated rings. The van der Waals surface area contributed by atoms with Crippen LogP contribution in [0.5, 0.6) is 0 Å². The average molecular weight is 438 g/mol. The zero-order valence-electron chi connectivity index (χ0n) is 17.6. The quantitative estimate of drug-likeness (QED) is 0.700. The largest absolute Gasteiger partial charge is 0.406 e. The number of aromatic amines is 1. The first-order chi connectivity index (χ1) is 14.9. The molecule has 0 spiro atoms. The van der Waals surface area contributed by atoms with E-state index < -0.39 is 24.7 Å². The fourth-order valence-electron chi connectivity index (χ4n) is 4.82. The van der Waals surface area contributed by atoms with Crippen molar-refractivity contribution >= 4 is 16.8 Å². The van der Waals surface area contributed by atoms with Crippen molar-refractivity contribution < 1.29 is 22.7 Å². The Labute approximate surface area is 180 Å². The predicted molar refractivity (Wildman–Crippen MR) is 113 cm³/mol. The van der Waals surface area contributed by atoms with Crippen LogP contribution in [0.2, 0.25) is 0 Å². The second-order valence-electron chi connectivity index (χ2n) is 8.80. The van der Waals surface area contributed by atoms with Crippen molar-refractivity contribution in [2.75, 3.05) is 26.3 Å². The molecule has 170 valence electrons. The van der Waals surface area contributed by atoms with Crippen molar-refractivity contribution in [3.63, 3.8) is 0 Å². The van der Waals surface area contributed by atoms with Crippen LogP contribution in [0, 0.1) is 5.92 Å². The highest BCUT2D eigenvalue weighted by atomic mass is 19.4. The monoisotopic (exact) mass is 437 g/mol. The van der Waals surface area contributed by atoms with Gasteiger partial charge >= 0.3 is 6.18 Å². The number of nitrogens with one attached hydrogen (secondary N) is 2. The summed E-state index contributed by atoms with van der Waals surface area (Å²) in [5.41, 5.74) is 0.959. The molecule has 2 N–H and O–H groups in total. The summed E-state index contributed by atoms with van der Waals surface area (Å²) >= 11 is 0. The molecule has 1 saturated heterocycles. The number of para-hydroxylation sites is 1. The van der Waals surface area contributed by atoms with E-state index in [0.29, 0.717) is 18.8 Å². The smallest absolute Gasteiger partial charge is 0.381 e. The Hall–Kier alpha value is -2.06. The summed E-state index contributed by atoms with van der Waals surface area (Å²) in [5.74, 6) is -0.0306. The molecule has 1 amide bonds. The molecule has 1 saturated carbocycles.